The molecule has 1 fully saturated rings. The van der Waals surface area contributed by atoms with Crippen LogP contribution in [0.2, 0.25) is 0 Å². The zero-order valence-corrected chi connectivity index (χ0v) is 9.94. The molecule has 1 aromatic rings. The minimum absolute atomic E-state index is 0.203. The number of carbonyl (C=O) groups is 1. The average Bonchev–Trinajstić information content (AvgIpc) is 2.79. The van der Waals surface area contributed by atoms with Gasteiger partial charge in [0.05, 0.1) is 6.61 Å². The second kappa shape index (κ2) is 5.29. The van der Waals surface area contributed by atoms with Crippen LogP contribution >= 0.6 is 0 Å². The van der Waals surface area contributed by atoms with Crippen molar-refractivity contribution >= 4 is 5.91 Å². The topological polar surface area (TPSA) is 47.6 Å². The Hall–Kier alpha value is -1.39. The molecule has 1 atom stereocenters. The normalized spacial score (nSPS) is 23.6. The van der Waals surface area contributed by atoms with Gasteiger partial charge in [0.1, 0.15) is 5.60 Å². The Bertz CT molecular complexity index is 372. The molecule has 0 aromatic heterocycles. The standard InChI is InChI=1S/C13H17NO3/c1-13(8-5-9-16-13)12(15)14-17-10-11-6-3-2-4-7-11/h2-4,6-7H,5,8-10H2,1H3,(H,14,15). The summed E-state index contributed by atoms with van der Waals surface area (Å²) >= 11 is 0. The summed E-state index contributed by atoms with van der Waals surface area (Å²) in [6.07, 6.45) is 1.66. The molecule has 0 bridgehead atoms. The monoisotopic (exact) mass is 235 g/mol. The number of benzene rings is 1. The van der Waals surface area contributed by atoms with Crippen molar-refractivity contribution < 1.29 is 14.4 Å². The fourth-order valence-electron chi connectivity index (χ4n) is 1.83. The summed E-state index contributed by atoms with van der Waals surface area (Å²) in [5.41, 5.74) is 2.74. The maximum Gasteiger partial charge on any atom is 0.275 e. The van der Waals surface area contributed by atoms with Crippen LogP contribution in [-0.4, -0.2) is 18.1 Å². The predicted octanol–water partition coefficient (Wildman–Crippen LogP) is 1.80. The van der Waals surface area contributed by atoms with Gasteiger partial charge in [0.15, 0.2) is 0 Å². The fraction of sp³-hybridized carbons (Fsp3) is 0.462. The smallest absolute Gasteiger partial charge is 0.275 e. The van der Waals surface area contributed by atoms with Crippen molar-refractivity contribution in [3.05, 3.63) is 35.9 Å². The zero-order chi connectivity index (χ0) is 12.1. The molecule has 1 N–H and O–H groups in total. The minimum Gasteiger partial charge on any atom is -0.365 e. The van der Waals surface area contributed by atoms with E-state index in [-0.39, 0.29) is 5.91 Å². The summed E-state index contributed by atoms with van der Waals surface area (Å²) in [6, 6.07) is 9.69. The maximum atomic E-state index is 11.8. The fourth-order valence-corrected chi connectivity index (χ4v) is 1.83. The largest absolute Gasteiger partial charge is 0.365 e. The van der Waals surface area contributed by atoms with Crippen molar-refractivity contribution in [2.75, 3.05) is 6.61 Å². The third kappa shape index (κ3) is 3.05. The first kappa shape index (κ1) is 12.1. The Kier molecular flexibility index (Phi) is 3.76. The van der Waals surface area contributed by atoms with Crippen molar-refractivity contribution in [3.8, 4) is 0 Å². The second-order valence-electron chi connectivity index (χ2n) is 4.39. The summed E-state index contributed by atoms with van der Waals surface area (Å²) in [4.78, 5) is 17.0. The molecular formula is C13H17NO3. The molecule has 17 heavy (non-hydrogen) atoms. The van der Waals surface area contributed by atoms with Crippen molar-refractivity contribution in [2.24, 2.45) is 0 Å². The molecular weight excluding hydrogens is 218 g/mol. The van der Waals surface area contributed by atoms with Crippen LogP contribution in [0.5, 0.6) is 0 Å². The van der Waals surface area contributed by atoms with Crippen LogP contribution in [0.3, 0.4) is 0 Å². The molecule has 1 heterocycles. The van der Waals surface area contributed by atoms with Crippen LogP contribution in [0, 0.1) is 0 Å². The van der Waals surface area contributed by atoms with Gasteiger partial charge in [0.25, 0.3) is 5.91 Å². The van der Waals surface area contributed by atoms with Gasteiger partial charge in [-0.15, -0.1) is 0 Å². The molecule has 4 nitrogen and oxygen atoms in total. The van der Waals surface area contributed by atoms with Gasteiger partial charge in [-0.2, -0.15) is 0 Å². The highest BCUT2D eigenvalue weighted by Crippen LogP contribution is 2.24. The SMILES string of the molecule is CC1(C(=O)NOCc2ccccc2)CCCO1. The second-order valence-corrected chi connectivity index (χ2v) is 4.39. The van der Waals surface area contributed by atoms with E-state index in [0.29, 0.717) is 13.2 Å². The zero-order valence-electron chi connectivity index (χ0n) is 9.94. The Morgan fingerprint density at radius 2 is 2.24 bits per heavy atom. The van der Waals surface area contributed by atoms with Gasteiger partial charge in [0, 0.05) is 6.61 Å². The maximum absolute atomic E-state index is 11.8. The molecule has 4 heteroatoms. The van der Waals surface area contributed by atoms with E-state index in [2.05, 4.69) is 5.48 Å². The molecule has 0 saturated carbocycles. The lowest BCUT2D eigenvalue weighted by molar-refractivity contribution is -0.153. The molecule has 0 radical (unpaired) electrons. The van der Waals surface area contributed by atoms with E-state index < -0.39 is 5.60 Å². The van der Waals surface area contributed by atoms with Crippen LogP contribution in [0.15, 0.2) is 30.3 Å². The van der Waals surface area contributed by atoms with Gasteiger partial charge in [0.2, 0.25) is 0 Å². The van der Waals surface area contributed by atoms with Gasteiger partial charge in [-0.3, -0.25) is 9.63 Å². The third-order valence-corrected chi connectivity index (χ3v) is 2.95. The molecule has 1 aromatic carbocycles. The van der Waals surface area contributed by atoms with E-state index in [1.807, 2.05) is 30.3 Å². The number of hydroxylamine groups is 1. The van der Waals surface area contributed by atoms with Gasteiger partial charge in [-0.25, -0.2) is 5.48 Å². The van der Waals surface area contributed by atoms with Gasteiger partial charge < -0.3 is 4.74 Å². The Balaban J connectivity index is 1.77. The average molecular weight is 235 g/mol. The third-order valence-electron chi connectivity index (χ3n) is 2.95. The van der Waals surface area contributed by atoms with Gasteiger partial charge in [-0.1, -0.05) is 30.3 Å². The van der Waals surface area contributed by atoms with E-state index in [0.717, 1.165) is 18.4 Å². The highest BCUT2D eigenvalue weighted by Gasteiger charge is 2.37. The molecule has 1 amide bonds. The van der Waals surface area contributed by atoms with Crippen LogP contribution in [0.1, 0.15) is 25.3 Å². The Labute approximate surface area is 101 Å². The van der Waals surface area contributed by atoms with E-state index in [1.165, 1.54) is 0 Å². The predicted molar refractivity (Wildman–Crippen MR) is 63.0 cm³/mol. The summed E-state index contributed by atoms with van der Waals surface area (Å²) < 4.78 is 5.41. The number of carbonyl (C=O) groups excluding carboxylic acids is 1. The first-order chi connectivity index (χ1) is 8.21. The molecule has 1 saturated heterocycles. The highest BCUT2D eigenvalue weighted by atomic mass is 16.7. The van der Waals surface area contributed by atoms with Crippen molar-refractivity contribution in [1.29, 1.82) is 0 Å². The van der Waals surface area contributed by atoms with Gasteiger partial charge in [-0.05, 0) is 25.3 Å². The minimum atomic E-state index is -0.726. The molecule has 0 aliphatic carbocycles. The van der Waals surface area contributed by atoms with Crippen LogP contribution in [-0.2, 0) is 21.0 Å². The van der Waals surface area contributed by atoms with Crippen LogP contribution in [0.4, 0.5) is 0 Å². The number of hydrogen-bond acceptors (Lipinski definition) is 3. The number of rotatable bonds is 4. The Morgan fingerprint density at radius 3 is 2.88 bits per heavy atom. The molecule has 92 valence electrons. The van der Waals surface area contributed by atoms with Crippen LogP contribution in [0.25, 0.3) is 0 Å². The summed E-state index contributed by atoms with van der Waals surface area (Å²) in [6.45, 7) is 2.80. The first-order valence-corrected chi connectivity index (χ1v) is 5.81. The molecule has 2 rings (SSSR count). The summed E-state index contributed by atoms with van der Waals surface area (Å²) in [5, 5.41) is 0. The Morgan fingerprint density at radius 1 is 1.47 bits per heavy atom. The van der Waals surface area contributed by atoms with Gasteiger partial charge >= 0.3 is 0 Å². The quantitative estimate of drug-likeness (QED) is 0.809. The lowest BCUT2D eigenvalue weighted by Crippen LogP contribution is -2.43. The van der Waals surface area contributed by atoms with E-state index in [4.69, 9.17) is 9.57 Å². The summed E-state index contributed by atoms with van der Waals surface area (Å²) in [5.74, 6) is -0.203. The molecule has 1 aliphatic heterocycles. The van der Waals surface area contributed by atoms with E-state index in [1.54, 1.807) is 6.92 Å². The number of nitrogens with one attached hydrogen (secondary N) is 1. The first-order valence-electron chi connectivity index (χ1n) is 5.81. The van der Waals surface area contributed by atoms with E-state index >= 15 is 0 Å². The highest BCUT2D eigenvalue weighted by molar-refractivity contribution is 5.84. The van der Waals surface area contributed by atoms with Crippen LogP contribution < -0.4 is 5.48 Å². The molecule has 1 aliphatic rings. The lowest BCUT2D eigenvalue weighted by Gasteiger charge is -2.21. The summed E-state index contributed by atoms with van der Waals surface area (Å²) in [7, 11) is 0. The lowest BCUT2D eigenvalue weighted by atomic mass is 10.0. The molecule has 0 spiro atoms. The van der Waals surface area contributed by atoms with E-state index in [9.17, 15) is 4.79 Å². The molecule has 1 unspecified atom stereocenters. The van der Waals surface area contributed by atoms with Crippen molar-refractivity contribution in [2.45, 2.75) is 32.0 Å². The van der Waals surface area contributed by atoms with Crippen molar-refractivity contribution in [1.82, 2.24) is 5.48 Å². The number of ether oxygens (including phenoxy) is 1. The number of hydrogen-bond donors (Lipinski definition) is 1. The number of amides is 1. The van der Waals surface area contributed by atoms with Crippen molar-refractivity contribution in [3.63, 3.8) is 0 Å².